The molecular formula is C23H20N4O3. The molecule has 0 aliphatic carbocycles. The summed E-state index contributed by atoms with van der Waals surface area (Å²) in [6.45, 7) is 0. The van der Waals surface area contributed by atoms with Crippen LogP contribution in [0.25, 0.3) is 11.0 Å². The van der Waals surface area contributed by atoms with Gasteiger partial charge in [-0.3, -0.25) is 9.80 Å². The fraction of sp³-hybridized carbons (Fsp3) is 0.0870. The molecule has 2 amide bonds. The highest BCUT2D eigenvalue weighted by Gasteiger charge is 2.25. The molecular weight excluding hydrogens is 380 g/mol. The average molecular weight is 400 g/mol. The molecule has 0 saturated heterocycles. The maximum Gasteiger partial charge on any atom is 0.421 e. The molecule has 1 heterocycles. The molecule has 0 radical (unpaired) electrons. The number of ether oxygens (including phenoxy) is 1. The van der Waals surface area contributed by atoms with E-state index in [0.717, 1.165) is 0 Å². The van der Waals surface area contributed by atoms with Crippen LogP contribution in [0.3, 0.4) is 0 Å². The minimum Gasteiger partial charge on any atom is -0.374 e. The van der Waals surface area contributed by atoms with Crippen LogP contribution in [0.15, 0.2) is 84.9 Å². The number of imidazole rings is 1. The Labute approximate surface area is 173 Å². The van der Waals surface area contributed by atoms with Crippen molar-refractivity contribution in [1.29, 1.82) is 0 Å². The molecule has 4 rings (SSSR count). The molecule has 7 heteroatoms. The first kappa shape index (κ1) is 19.2. The van der Waals surface area contributed by atoms with Gasteiger partial charge in [-0.25, -0.2) is 14.2 Å². The Bertz CT molecular complexity index is 1190. The number of fused-ring (bicyclic) bond motifs is 1. The minimum atomic E-state index is -0.645. The lowest BCUT2D eigenvalue weighted by Gasteiger charge is -2.20. The van der Waals surface area contributed by atoms with Crippen LogP contribution in [0.5, 0.6) is 6.01 Å². The maximum absolute atomic E-state index is 13.3. The zero-order valence-electron chi connectivity index (χ0n) is 16.6. The molecule has 0 spiro atoms. The largest absolute Gasteiger partial charge is 0.421 e. The van der Waals surface area contributed by atoms with Crippen LogP contribution in [0.2, 0.25) is 0 Å². The number of rotatable bonds is 3. The van der Waals surface area contributed by atoms with E-state index in [4.69, 9.17) is 4.74 Å². The molecule has 30 heavy (non-hydrogen) atoms. The van der Waals surface area contributed by atoms with Crippen molar-refractivity contribution in [3.05, 3.63) is 84.9 Å². The van der Waals surface area contributed by atoms with E-state index in [9.17, 15) is 9.59 Å². The third-order valence-corrected chi connectivity index (χ3v) is 4.75. The number of carbonyl (C=O) groups excluding carboxylic acids is 2. The third-order valence-electron chi connectivity index (χ3n) is 4.75. The van der Waals surface area contributed by atoms with Crippen LogP contribution in [0.1, 0.15) is 0 Å². The number of nitrogens with zero attached hydrogens (tertiary/aromatic N) is 4. The van der Waals surface area contributed by atoms with Gasteiger partial charge in [0.05, 0.1) is 11.0 Å². The van der Waals surface area contributed by atoms with Crippen LogP contribution < -0.4 is 14.5 Å². The standard InChI is InChI=1S/C23H20N4O3/c1-25(17-11-5-3-6-12-17)22(28)27-20-16-10-9-15-19(20)24-21(27)30-23(29)26(2)18-13-7-4-8-14-18/h3-16H,1-2H3. The molecule has 4 aromatic rings. The molecule has 0 unspecified atom stereocenters. The molecule has 0 bridgehead atoms. The molecule has 0 N–H and O–H groups in total. The second kappa shape index (κ2) is 8.08. The molecule has 3 aromatic carbocycles. The number of para-hydroxylation sites is 4. The summed E-state index contributed by atoms with van der Waals surface area (Å²) in [5.41, 5.74) is 2.48. The van der Waals surface area contributed by atoms with E-state index < -0.39 is 6.09 Å². The summed E-state index contributed by atoms with van der Waals surface area (Å²) in [7, 11) is 3.26. The monoisotopic (exact) mass is 400 g/mol. The van der Waals surface area contributed by atoms with Crippen LogP contribution in [-0.2, 0) is 0 Å². The molecule has 150 valence electrons. The van der Waals surface area contributed by atoms with Gasteiger partial charge in [0, 0.05) is 25.5 Å². The van der Waals surface area contributed by atoms with Gasteiger partial charge in [0.15, 0.2) is 0 Å². The first-order valence-electron chi connectivity index (χ1n) is 9.37. The predicted octanol–water partition coefficient (Wildman–Crippen LogP) is 4.78. The number of anilines is 2. The molecule has 0 aliphatic heterocycles. The Kier molecular flexibility index (Phi) is 5.17. The molecule has 1 aromatic heterocycles. The van der Waals surface area contributed by atoms with Crippen LogP contribution in [0.4, 0.5) is 21.0 Å². The second-order valence-electron chi connectivity index (χ2n) is 6.66. The van der Waals surface area contributed by atoms with Gasteiger partial charge in [0.2, 0.25) is 0 Å². The molecule has 0 fully saturated rings. The lowest BCUT2D eigenvalue weighted by molar-refractivity contribution is 0.203. The summed E-state index contributed by atoms with van der Waals surface area (Å²) >= 11 is 0. The molecule has 0 aliphatic rings. The van der Waals surface area contributed by atoms with Crippen LogP contribution >= 0.6 is 0 Å². The minimum absolute atomic E-state index is 0.0863. The quantitative estimate of drug-likeness (QED) is 0.497. The van der Waals surface area contributed by atoms with E-state index in [1.165, 1.54) is 14.4 Å². The van der Waals surface area contributed by atoms with Gasteiger partial charge in [-0.2, -0.15) is 4.98 Å². The number of amides is 2. The van der Waals surface area contributed by atoms with Crippen molar-refractivity contribution in [2.75, 3.05) is 23.9 Å². The second-order valence-corrected chi connectivity index (χ2v) is 6.66. The third kappa shape index (κ3) is 3.60. The van der Waals surface area contributed by atoms with Gasteiger partial charge in [-0.15, -0.1) is 0 Å². The van der Waals surface area contributed by atoms with E-state index in [-0.39, 0.29) is 12.0 Å². The van der Waals surface area contributed by atoms with Crippen molar-refractivity contribution in [2.24, 2.45) is 0 Å². The first-order chi connectivity index (χ1) is 14.6. The van der Waals surface area contributed by atoms with E-state index in [2.05, 4.69) is 4.98 Å². The molecule has 0 atom stereocenters. The Morgan fingerprint density at radius 2 is 1.30 bits per heavy atom. The van der Waals surface area contributed by atoms with Crippen LogP contribution in [-0.4, -0.2) is 35.8 Å². The highest BCUT2D eigenvalue weighted by atomic mass is 16.6. The topological polar surface area (TPSA) is 67.7 Å². The van der Waals surface area contributed by atoms with Crippen molar-refractivity contribution >= 4 is 34.5 Å². The number of benzene rings is 3. The Hall–Kier alpha value is -4.13. The van der Waals surface area contributed by atoms with Gasteiger partial charge < -0.3 is 4.74 Å². The number of hydrogen-bond acceptors (Lipinski definition) is 4. The lowest BCUT2D eigenvalue weighted by atomic mass is 10.3. The summed E-state index contributed by atoms with van der Waals surface area (Å²) in [5, 5.41) is 0. The zero-order valence-corrected chi connectivity index (χ0v) is 16.6. The fourth-order valence-corrected chi connectivity index (χ4v) is 3.07. The fourth-order valence-electron chi connectivity index (χ4n) is 3.07. The first-order valence-corrected chi connectivity index (χ1v) is 9.37. The SMILES string of the molecule is CN(C(=O)Oc1nc2ccccc2n1C(=O)N(C)c1ccccc1)c1ccccc1. The number of carbonyl (C=O) groups is 2. The summed E-state index contributed by atoms with van der Waals surface area (Å²) < 4.78 is 6.85. The van der Waals surface area contributed by atoms with E-state index in [1.54, 1.807) is 44.4 Å². The molecule has 7 nitrogen and oxygen atoms in total. The van der Waals surface area contributed by atoms with E-state index >= 15 is 0 Å². The zero-order chi connectivity index (χ0) is 21.1. The van der Waals surface area contributed by atoms with Gasteiger partial charge in [-0.1, -0.05) is 48.5 Å². The van der Waals surface area contributed by atoms with Crippen molar-refractivity contribution < 1.29 is 14.3 Å². The predicted molar refractivity (Wildman–Crippen MR) is 116 cm³/mol. The Balaban J connectivity index is 1.70. The number of hydrogen-bond donors (Lipinski definition) is 0. The van der Waals surface area contributed by atoms with E-state index in [0.29, 0.717) is 22.4 Å². The van der Waals surface area contributed by atoms with Crippen molar-refractivity contribution in [1.82, 2.24) is 9.55 Å². The summed E-state index contributed by atoms with van der Waals surface area (Å²) in [5.74, 6) is 0. The summed E-state index contributed by atoms with van der Waals surface area (Å²) in [6, 6.07) is 25.0. The van der Waals surface area contributed by atoms with E-state index in [1.807, 2.05) is 54.6 Å². The lowest BCUT2D eigenvalue weighted by Crippen LogP contribution is -2.34. The van der Waals surface area contributed by atoms with Crippen molar-refractivity contribution in [3.8, 4) is 6.01 Å². The van der Waals surface area contributed by atoms with Crippen molar-refractivity contribution in [3.63, 3.8) is 0 Å². The summed E-state index contributed by atoms with van der Waals surface area (Å²) in [6.07, 6.45) is -0.645. The van der Waals surface area contributed by atoms with Crippen LogP contribution in [0, 0.1) is 0 Å². The number of aromatic nitrogens is 2. The maximum atomic E-state index is 13.3. The molecule has 0 saturated carbocycles. The highest BCUT2D eigenvalue weighted by Crippen LogP contribution is 2.25. The Morgan fingerprint density at radius 3 is 1.93 bits per heavy atom. The van der Waals surface area contributed by atoms with Gasteiger partial charge >= 0.3 is 18.1 Å². The highest BCUT2D eigenvalue weighted by molar-refractivity contribution is 6.00. The van der Waals surface area contributed by atoms with Gasteiger partial charge in [0.25, 0.3) is 0 Å². The smallest absolute Gasteiger partial charge is 0.374 e. The summed E-state index contributed by atoms with van der Waals surface area (Å²) in [4.78, 5) is 33.2. The average Bonchev–Trinajstić information content (AvgIpc) is 3.16. The van der Waals surface area contributed by atoms with Gasteiger partial charge in [-0.05, 0) is 36.4 Å². The van der Waals surface area contributed by atoms with Gasteiger partial charge in [0.1, 0.15) is 0 Å². The normalized spacial score (nSPS) is 10.6. The van der Waals surface area contributed by atoms with Crippen molar-refractivity contribution in [2.45, 2.75) is 0 Å². The Morgan fingerprint density at radius 1 is 0.767 bits per heavy atom.